The molecule has 1 aromatic carbocycles. The summed E-state index contributed by atoms with van der Waals surface area (Å²) in [5.74, 6) is -0.0293. The van der Waals surface area contributed by atoms with Gasteiger partial charge in [0.2, 0.25) is 0 Å². The molecule has 0 amide bonds. The molecule has 0 aliphatic carbocycles. The van der Waals surface area contributed by atoms with E-state index in [2.05, 4.69) is 15.1 Å². The molecule has 4 aromatic rings. The molecule has 0 bridgehead atoms. The zero-order chi connectivity index (χ0) is 29.8. The van der Waals surface area contributed by atoms with Gasteiger partial charge in [-0.25, -0.2) is 14.4 Å². The van der Waals surface area contributed by atoms with Crippen LogP contribution in [0.15, 0.2) is 48.4 Å². The summed E-state index contributed by atoms with van der Waals surface area (Å²) in [6.07, 6.45) is 1.47. The lowest BCUT2D eigenvalue weighted by Gasteiger charge is -2.38. The summed E-state index contributed by atoms with van der Waals surface area (Å²) in [5.41, 5.74) is 5.98. The van der Waals surface area contributed by atoms with Crippen molar-refractivity contribution >= 4 is 30.1 Å². The molecule has 0 unspecified atom stereocenters. The number of ketones is 1. The topological polar surface area (TPSA) is 104 Å². The molecular formula is C29H28ClF4N7O2. The molecule has 6 rings (SSSR count). The molecule has 2 aliphatic heterocycles. The second-order valence-corrected chi connectivity index (χ2v) is 10.4. The number of carbonyl (C=O) groups is 1. The highest BCUT2D eigenvalue weighted by Crippen LogP contribution is 2.44. The summed E-state index contributed by atoms with van der Waals surface area (Å²) >= 11 is 0. The Bertz CT molecular complexity index is 1720. The second-order valence-electron chi connectivity index (χ2n) is 10.4. The van der Waals surface area contributed by atoms with E-state index in [1.807, 2.05) is 4.57 Å². The van der Waals surface area contributed by atoms with Gasteiger partial charge in [0.1, 0.15) is 18.2 Å². The summed E-state index contributed by atoms with van der Waals surface area (Å²) < 4.78 is 65.7. The number of nitrogens with zero attached hydrogens (tertiary/aromatic N) is 6. The number of aryl methyl sites for hydroxylation is 2. The highest BCUT2D eigenvalue weighted by Gasteiger charge is 2.39. The standard InChI is InChI=1S/C29H27F4N7O2.ClH/c1-3-40-14-23(27(37-40)29(31,32)33)21-8-17(11-38-7-6-35-16(38)2)9-22-25(41)18(15-42-26(21)22)10-20-4-5-24(30)28(36-20)39-12-19(34)13-39;/h4-10,14,19H,3,11-13,15,34H2,1-2H3;1H/b18-10+;. The number of aromatic nitrogens is 5. The van der Waals surface area contributed by atoms with Crippen LogP contribution in [-0.2, 0) is 19.3 Å². The SMILES string of the molecule is CCn1cc(-c2cc(Cn3ccnc3C)cc3c2OC/C(=C\c2ccc(F)c(N4CC(N)C4)n2)C3=O)c(C(F)(F)F)n1.Cl. The molecule has 1 saturated heterocycles. The maximum absolute atomic E-state index is 14.4. The number of benzene rings is 1. The summed E-state index contributed by atoms with van der Waals surface area (Å²) in [6, 6.07) is 5.88. The number of pyridine rings is 1. The van der Waals surface area contributed by atoms with Crippen molar-refractivity contribution in [3.05, 3.63) is 82.6 Å². The molecule has 2 aliphatic rings. The second kappa shape index (κ2) is 11.5. The van der Waals surface area contributed by atoms with Crippen LogP contribution in [0.25, 0.3) is 17.2 Å². The molecule has 5 heterocycles. The monoisotopic (exact) mass is 617 g/mol. The molecule has 9 nitrogen and oxygen atoms in total. The highest BCUT2D eigenvalue weighted by molar-refractivity contribution is 6.15. The average Bonchev–Trinajstić information content (AvgIpc) is 3.56. The largest absolute Gasteiger partial charge is 0.487 e. The molecule has 3 aromatic heterocycles. The number of anilines is 1. The van der Waals surface area contributed by atoms with Gasteiger partial charge < -0.3 is 19.9 Å². The fourth-order valence-electron chi connectivity index (χ4n) is 5.17. The van der Waals surface area contributed by atoms with E-state index in [1.165, 1.54) is 29.1 Å². The number of rotatable bonds is 6. The van der Waals surface area contributed by atoms with Gasteiger partial charge in [0.15, 0.2) is 23.1 Å². The number of halogens is 5. The van der Waals surface area contributed by atoms with E-state index in [0.29, 0.717) is 30.2 Å². The third kappa shape index (κ3) is 5.74. The van der Waals surface area contributed by atoms with Gasteiger partial charge in [0.05, 0.1) is 11.3 Å². The Hall–Kier alpha value is -4.23. The molecule has 226 valence electrons. The zero-order valence-electron chi connectivity index (χ0n) is 23.2. The third-order valence-corrected chi connectivity index (χ3v) is 7.36. The molecule has 0 spiro atoms. The summed E-state index contributed by atoms with van der Waals surface area (Å²) in [4.78, 5) is 24.1. The molecule has 0 atom stereocenters. The van der Waals surface area contributed by atoms with Crippen LogP contribution in [0.4, 0.5) is 23.4 Å². The van der Waals surface area contributed by atoms with Crippen molar-refractivity contribution in [1.29, 1.82) is 0 Å². The molecule has 0 saturated carbocycles. The first kappa shape index (κ1) is 30.2. The summed E-state index contributed by atoms with van der Waals surface area (Å²) in [5, 5.41) is 3.75. The van der Waals surface area contributed by atoms with Crippen molar-refractivity contribution in [3.8, 4) is 16.9 Å². The summed E-state index contributed by atoms with van der Waals surface area (Å²) in [7, 11) is 0. The Morgan fingerprint density at radius 3 is 2.56 bits per heavy atom. The van der Waals surface area contributed by atoms with Crippen molar-refractivity contribution in [1.82, 2.24) is 24.3 Å². The van der Waals surface area contributed by atoms with Gasteiger partial charge in [-0.2, -0.15) is 18.3 Å². The fourth-order valence-corrected chi connectivity index (χ4v) is 5.17. The summed E-state index contributed by atoms with van der Waals surface area (Å²) in [6.45, 7) is 4.72. The van der Waals surface area contributed by atoms with E-state index in [0.717, 1.165) is 0 Å². The van der Waals surface area contributed by atoms with Crippen molar-refractivity contribution in [3.63, 3.8) is 0 Å². The Balaban J connectivity index is 0.00000368. The predicted molar refractivity (Wildman–Crippen MR) is 154 cm³/mol. The first-order valence-corrected chi connectivity index (χ1v) is 13.4. The molecule has 0 radical (unpaired) electrons. The molecular weight excluding hydrogens is 590 g/mol. The van der Waals surface area contributed by atoms with Crippen LogP contribution in [-0.4, -0.2) is 55.8 Å². The fraction of sp³-hybridized carbons (Fsp3) is 0.310. The Labute approximate surface area is 250 Å². The van der Waals surface area contributed by atoms with E-state index < -0.39 is 23.5 Å². The van der Waals surface area contributed by atoms with Gasteiger partial charge in [-0.05, 0) is 49.8 Å². The van der Waals surface area contributed by atoms with Gasteiger partial charge in [0, 0.05) is 67.5 Å². The first-order chi connectivity index (χ1) is 20.0. The number of Topliss-reactive ketones (excluding diaryl/α,β-unsaturated/α-hetero) is 1. The first-order valence-electron chi connectivity index (χ1n) is 13.4. The lowest BCUT2D eigenvalue weighted by Crippen LogP contribution is -2.56. The van der Waals surface area contributed by atoms with Crippen LogP contribution in [0.3, 0.4) is 0 Å². The third-order valence-electron chi connectivity index (χ3n) is 7.36. The molecule has 2 N–H and O–H groups in total. The number of imidazole rings is 1. The van der Waals surface area contributed by atoms with Gasteiger partial charge in [-0.3, -0.25) is 9.48 Å². The number of ether oxygens (including phenoxy) is 1. The molecule has 1 fully saturated rings. The molecule has 14 heteroatoms. The average molecular weight is 618 g/mol. The minimum atomic E-state index is -4.73. The minimum Gasteiger partial charge on any atom is -0.487 e. The van der Waals surface area contributed by atoms with E-state index >= 15 is 0 Å². The van der Waals surface area contributed by atoms with Gasteiger partial charge in [-0.15, -0.1) is 12.4 Å². The van der Waals surface area contributed by atoms with E-state index in [-0.39, 0.29) is 72.0 Å². The Kier molecular flexibility index (Phi) is 8.05. The van der Waals surface area contributed by atoms with E-state index in [9.17, 15) is 22.4 Å². The van der Waals surface area contributed by atoms with E-state index in [4.69, 9.17) is 10.5 Å². The molecule has 43 heavy (non-hydrogen) atoms. The Morgan fingerprint density at radius 2 is 1.91 bits per heavy atom. The van der Waals surface area contributed by atoms with Crippen molar-refractivity contribution < 1.29 is 27.1 Å². The van der Waals surface area contributed by atoms with Crippen LogP contribution < -0.4 is 15.4 Å². The zero-order valence-corrected chi connectivity index (χ0v) is 24.0. The van der Waals surface area contributed by atoms with Crippen molar-refractivity contribution in [2.75, 3.05) is 24.6 Å². The van der Waals surface area contributed by atoms with Crippen LogP contribution >= 0.6 is 12.4 Å². The number of hydrogen-bond donors (Lipinski definition) is 1. The Morgan fingerprint density at radius 1 is 1.16 bits per heavy atom. The number of nitrogens with two attached hydrogens (primary N) is 1. The number of carbonyl (C=O) groups excluding carboxylic acids is 1. The number of hydrogen-bond acceptors (Lipinski definition) is 7. The van der Waals surface area contributed by atoms with Crippen LogP contribution in [0.2, 0.25) is 0 Å². The number of fused-ring (bicyclic) bond motifs is 1. The van der Waals surface area contributed by atoms with Gasteiger partial charge in [-0.1, -0.05) is 0 Å². The van der Waals surface area contributed by atoms with Gasteiger partial charge in [0.25, 0.3) is 0 Å². The smallest absolute Gasteiger partial charge is 0.435 e. The predicted octanol–water partition coefficient (Wildman–Crippen LogP) is 4.90. The van der Waals surface area contributed by atoms with Gasteiger partial charge >= 0.3 is 6.18 Å². The van der Waals surface area contributed by atoms with Crippen molar-refractivity contribution in [2.45, 2.75) is 39.2 Å². The lowest BCUT2D eigenvalue weighted by molar-refractivity contribution is -0.141. The van der Waals surface area contributed by atoms with E-state index in [1.54, 1.807) is 43.3 Å². The maximum atomic E-state index is 14.4. The van der Waals surface area contributed by atoms with Crippen LogP contribution in [0.5, 0.6) is 5.75 Å². The number of alkyl halides is 3. The minimum absolute atomic E-state index is 0. The van der Waals surface area contributed by atoms with Crippen LogP contribution in [0, 0.1) is 12.7 Å². The lowest BCUT2D eigenvalue weighted by atomic mass is 9.91. The quantitative estimate of drug-likeness (QED) is 0.242. The normalized spacial score (nSPS) is 16.1. The van der Waals surface area contributed by atoms with Crippen molar-refractivity contribution in [2.24, 2.45) is 5.73 Å². The van der Waals surface area contributed by atoms with Crippen LogP contribution in [0.1, 0.15) is 40.1 Å². The highest BCUT2D eigenvalue weighted by atomic mass is 35.5. The maximum Gasteiger partial charge on any atom is 0.435 e.